The van der Waals surface area contributed by atoms with E-state index in [1.165, 1.54) is 17.0 Å². The van der Waals surface area contributed by atoms with Crippen LogP contribution in [0.2, 0.25) is 0 Å². The molecule has 2 aliphatic heterocycles. The Hall–Kier alpha value is -3.14. The summed E-state index contributed by atoms with van der Waals surface area (Å²) < 4.78 is 19.3. The van der Waals surface area contributed by atoms with Gasteiger partial charge in [-0.25, -0.2) is 18.8 Å². The summed E-state index contributed by atoms with van der Waals surface area (Å²) in [5.41, 5.74) is 1.32. The molecule has 1 fully saturated rings. The second kappa shape index (κ2) is 11.8. The van der Waals surface area contributed by atoms with Crippen LogP contribution in [-0.2, 0) is 9.53 Å². The minimum atomic E-state index is -0.818. The standard InChI is InChI=1S/C24H34FN5O4/c1-4-10-26-23(32)29-13-11-28(12-14-29)16-19-20(22(31)34-6-3)21(27-24(33)30(19)5-2)17-8-7-9-18(25)15-17/h7-9,15,21H,4-6,10-14,16H2,1-3H3,(H,26,32)(H,27,33)/t21-/m0/s1. The molecular formula is C24H34FN5O4. The van der Waals surface area contributed by atoms with E-state index in [0.29, 0.717) is 62.6 Å². The molecule has 1 atom stereocenters. The van der Waals surface area contributed by atoms with E-state index in [-0.39, 0.29) is 18.7 Å². The lowest BCUT2D eigenvalue weighted by atomic mass is 9.94. The molecule has 0 bridgehead atoms. The molecule has 1 aromatic carbocycles. The number of benzene rings is 1. The van der Waals surface area contributed by atoms with Gasteiger partial charge in [-0.2, -0.15) is 0 Å². The molecule has 3 rings (SSSR count). The highest BCUT2D eigenvalue weighted by atomic mass is 19.1. The lowest BCUT2D eigenvalue weighted by Gasteiger charge is -2.40. The smallest absolute Gasteiger partial charge is 0.338 e. The lowest BCUT2D eigenvalue weighted by Crippen LogP contribution is -2.55. The van der Waals surface area contributed by atoms with Crippen molar-refractivity contribution in [2.75, 3.05) is 52.4 Å². The summed E-state index contributed by atoms with van der Waals surface area (Å²) >= 11 is 0. The van der Waals surface area contributed by atoms with E-state index >= 15 is 0 Å². The molecule has 0 aliphatic carbocycles. The number of amides is 4. The molecule has 2 aliphatic rings. The summed E-state index contributed by atoms with van der Waals surface area (Å²) in [4.78, 5) is 43.8. The van der Waals surface area contributed by atoms with Gasteiger partial charge in [-0.05, 0) is 38.0 Å². The Labute approximate surface area is 199 Å². The van der Waals surface area contributed by atoms with E-state index in [1.807, 2.05) is 13.8 Å². The molecule has 2 N–H and O–H groups in total. The number of esters is 1. The number of rotatable bonds is 8. The van der Waals surface area contributed by atoms with E-state index in [0.717, 1.165) is 6.42 Å². The highest BCUT2D eigenvalue weighted by Gasteiger charge is 2.38. The van der Waals surface area contributed by atoms with Gasteiger partial charge in [-0.3, -0.25) is 9.80 Å². The zero-order valence-corrected chi connectivity index (χ0v) is 20.1. The Balaban J connectivity index is 1.89. The van der Waals surface area contributed by atoms with Crippen LogP contribution < -0.4 is 10.6 Å². The molecular weight excluding hydrogens is 441 g/mol. The van der Waals surface area contributed by atoms with E-state index in [2.05, 4.69) is 15.5 Å². The van der Waals surface area contributed by atoms with Gasteiger partial charge in [-0.1, -0.05) is 19.1 Å². The number of likely N-dealkylation sites (N-methyl/N-ethyl adjacent to an activating group) is 1. The van der Waals surface area contributed by atoms with Gasteiger partial charge in [0.1, 0.15) is 5.82 Å². The fourth-order valence-electron chi connectivity index (χ4n) is 4.26. The van der Waals surface area contributed by atoms with Crippen LogP contribution in [0.15, 0.2) is 35.5 Å². The predicted molar refractivity (Wildman–Crippen MR) is 125 cm³/mol. The number of nitrogens with one attached hydrogen (secondary N) is 2. The summed E-state index contributed by atoms with van der Waals surface area (Å²) in [5, 5.41) is 5.73. The zero-order valence-electron chi connectivity index (χ0n) is 20.1. The van der Waals surface area contributed by atoms with E-state index in [9.17, 15) is 18.8 Å². The Bertz CT molecular complexity index is 930. The fourth-order valence-corrected chi connectivity index (χ4v) is 4.26. The molecule has 4 amide bonds. The van der Waals surface area contributed by atoms with Crippen LogP contribution in [0.3, 0.4) is 0 Å². The highest BCUT2D eigenvalue weighted by molar-refractivity contribution is 5.95. The number of hydrogen-bond donors (Lipinski definition) is 2. The molecule has 0 unspecified atom stereocenters. The van der Waals surface area contributed by atoms with Gasteiger partial charge in [0.2, 0.25) is 0 Å². The number of carbonyl (C=O) groups is 3. The van der Waals surface area contributed by atoms with Crippen LogP contribution in [0.5, 0.6) is 0 Å². The van der Waals surface area contributed by atoms with Crippen LogP contribution in [0.25, 0.3) is 0 Å². The molecule has 10 heteroatoms. The first-order valence-electron chi connectivity index (χ1n) is 11.9. The van der Waals surface area contributed by atoms with Crippen molar-refractivity contribution in [3.05, 3.63) is 46.9 Å². The van der Waals surface area contributed by atoms with Crippen molar-refractivity contribution in [2.45, 2.75) is 33.2 Å². The van der Waals surface area contributed by atoms with E-state index < -0.39 is 17.8 Å². The molecule has 0 aromatic heterocycles. The Kier molecular flexibility index (Phi) is 8.86. The van der Waals surface area contributed by atoms with Crippen molar-refractivity contribution in [2.24, 2.45) is 0 Å². The van der Waals surface area contributed by atoms with Crippen molar-refractivity contribution in [3.8, 4) is 0 Å². The SMILES string of the molecule is CCCNC(=O)N1CCN(CC2=C(C(=O)OCC)[C@H](c3cccc(F)c3)NC(=O)N2CC)CC1. The van der Waals surface area contributed by atoms with E-state index in [4.69, 9.17) is 4.74 Å². The van der Waals surface area contributed by atoms with Gasteiger partial charge >= 0.3 is 18.0 Å². The predicted octanol–water partition coefficient (Wildman–Crippen LogP) is 2.47. The average Bonchev–Trinajstić information content (AvgIpc) is 2.83. The van der Waals surface area contributed by atoms with Crippen molar-refractivity contribution in [1.82, 2.24) is 25.3 Å². The molecule has 9 nitrogen and oxygen atoms in total. The molecule has 34 heavy (non-hydrogen) atoms. The highest BCUT2D eigenvalue weighted by Crippen LogP contribution is 2.32. The third-order valence-electron chi connectivity index (χ3n) is 5.99. The molecule has 0 saturated carbocycles. The molecule has 0 spiro atoms. The molecule has 1 aromatic rings. The molecule has 0 radical (unpaired) electrons. The third-order valence-corrected chi connectivity index (χ3v) is 5.99. The first-order valence-corrected chi connectivity index (χ1v) is 11.9. The summed E-state index contributed by atoms with van der Waals surface area (Å²) in [6.07, 6.45) is 0.873. The minimum absolute atomic E-state index is 0.0775. The number of nitrogens with zero attached hydrogens (tertiary/aromatic N) is 3. The van der Waals surface area contributed by atoms with Crippen LogP contribution in [-0.4, -0.2) is 85.2 Å². The minimum Gasteiger partial charge on any atom is -0.463 e. The third kappa shape index (κ3) is 5.85. The molecule has 186 valence electrons. The Morgan fingerprint density at radius 3 is 2.53 bits per heavy atom. The number of piperazine rings is 1. The Morgan fingerprint density at radius 2 is 1.91 bits per heavy atom. The molecule has 1 saturated heterocycles. The van der Waals surface area contributed by atoms with Crippen LogP contribution >= 0.6 is 0 Å². The topological polar surface area (TPSA) is 94.2 Å². The fraction of sp³-hybridized carbons (Fsp3) is 0.542. The summed E-state index contributed by atoms with van der Waals surface area (Å²) in [5.74, 6) is -0.991. The van der Waals surface area contributed by atoms with Gasteiger partial charge in [0, 0.05) is 51.5 Å². The van der Waals surface area contributed by atoms with E-state index in [1.54, 1.807) is 24.0 Å². The number of hydrogen-bond acceptors (Lipinski definition) is 5. The summed E-state index contributed by atoms with van der Waals surface area (Å²) in [6.45, 7) is 9.36. The number of urea groups is 2. The van der Waals surface area contributed by atoms with Gasteiger partial charge < -0.3 is 20.3 Å². The van der Waals surface area contributed by atoms with Gasteiger partial charge in [0.15, 0.2) is 0 Å². The maximum absolute atomic E-state index is 14.0. The summed E-state index contributed by atoms with van der Waals surface area (Å²) in [7, 11) is 0. The lowest BCUT2D eigenvalue weighted by molar-refractivity contribution is -0.139. The quantitative estimate of drug-likeness (QED) is 0.564. The zero-order chi connectivity index (χ0) is 24.7. The second-order valence-electron chi connectivity index (χ2n) is 8.26. The van der Waals surface area contributed by atoms with Crippen molar-refractivity contribution >= 4 is 18.0 Å². The van der Waals surface area contributed by atoms with Gasteiger partial charge in [0.05, 0.1) is 18.2 Å². The maximum Gasteiger partial charge on any atom is 0.338 e. The van der Waals surface area contributed by atoms with Crippen LogP contribution in [0.1, 0.15) is 38.8 Å². The van der Waals surface area contributed by atoms with Gasteiger partial charge in [0.25, 0.3) is 0 Å². The number of halogens is 1. The first-order chi connectivity index (χ1) is 16.4. The maximum atomic E-state index is 14.0. The van der Waals surface area contributed by atoms with Gasteiger partial charge in [-0.15, -0.1) is 0 Å². The second-order valence-corrected chi connectivity index (χ2v) is 8.26. The summed E-state index contributed by atoms with van der Waals surface area (Å²) in [6, 6.07) is 4.62. The number of carbonyl (C=O) groups excluding carboxylic acids is 3. The van der Waals surface area contributed by atoms with Crippen molar-refractivity contribution in [1.29, 1.82) is 0 Å². The normalized spacial score (nSPS) is 19.2. The van der Waals surface area contributed by atoms with Crippen molar-refractivity contribution in [3.63, 3.8) is 0 Å². The first kappa shape index (κ1) is 25.5. The monoisotopic (exact) mass is 475 g/mol. The largest absolute Gasteiger partial charge is 0.463 e. The average molecular weight is 476 g/mol. The molecule has 2 heterocycles. The van der Waals surface area contributed by atoms with Crippen molar-refractivity contribution < 1.29 is 23.5 Å². The van der Waals surface area contributed by atoms with Crippen LogP contribution in [0.4, 0.5) is 14.0 Å². The number of ether oxygens (including phenoxy) is 1. The Morgan fingerprint density at radius 1 is 1.18 bits per heavy atom. The van der Waals surface area contributed by atoms with Crippen LogP contribution in [0, 0.1) is 5.82 Å².